The van der Waals surface area contributed by atoms with Crippen molar-refractivity contribution in [2.75, 3.05) is 0 Å². The molecule has 0 radical (unpaired) electrons. The molecule has 0 spiro atoms. The molecule has 0 aliphatic carbocycles. The van der Waals surface area contributed by atoms with E-state index in [4.69, 9.17) is 0 Å². The molecular formula is C16H24N2O. The Morgan fingerprint density at radius 3 is 2.68 bits per heavy atom. The summed E-state index contributed by atoms with van der Waals surface area (Å²) in [7, 11) is 0. The molecule has 2 rings (SSSR count). The van der Waals surface area contributed by atoms with E-state index in [1.807, 2.05) is 18.2 Å². The van der Waals surface area contributed by atoms with Gasteiger partial charge < -0.3 is 9.67 Å². The predicted octanol–water partition coefficient (Wildman–Crippen LogP) is 3.40. The molecule has 0 saturated carbocycles. The molecular weight excluding hydrogens is 236 g/mol. The van der Waals surface area contributed by atoms with E-state index in [9.17, 15) is 5.11 Å². The van der Waals surface area contributed by atoms with E-state index in [1.54, 1.807) is 0 Å². The monoisotopic (exact) mass is 260 g/mol. The zero-order valence-corrected chi connectivity index (χ0v) is 12.1. The van der Waals surface area contributed by atoms with Gasteiger partial charge in [-0.25, -0.2) is 4.98 Å². The number of benzene rings is 1. The molecule has 1 unspecified atom stereocenters. The first kappa shape index (κ1) is 14.1. The maximum Gasteiger partial charge on any atom is 0.112 e. The zero-order chi connectivity index (χ0) is 13.8. The van der Waals surface area contributed by atoms with Crippen molar-refractivity contribution in [3.8, 4) is 0 Å². The molecule has 1 N–H and O–H groups in total. The molecule has 1 heterocycles. The van der Waals surface area contributed by atoms with Gasteiger partial charge in [0.15, 0.2) is 0 Å². The quantitative estimate of drug-likeness (QED) is 0.864. The molecule has 2 aromatic rings. The van der Waals surface area contributed by atoms with Gasteiger partial charge in [-0.3, -0.25) is 0 Å². The molecule has 0 aliphatic heterocycles. The number of aromatic nitrogens is 2. The van der Waals surface area contributed by atoms with Crippen molar-refractivity contribution in [1.29, 1.82) is 0 Å². The summed E-state index contributed by atoms with van der Waals surface area (Å²) >= 11 is 0. The molecule has 0 bridgehead atoms. The number of imidazole rings is 1. The Bertz CT molecular complexity index is 531. The Hall–Kier alpha value is -1.35. The van der Waals surface area contributed by atoms with Gasteiger partial charge in [0.05, 0.1) is 17.1 Å². The third-order valence-electron chi connectivity index (χ3n) is 3.34. The van der Waals surface area contributed by atoms with Crippen molar-refractivity contribution in [3.63, 3.8) is 0 Å². The molecule has 0 aliphatic rings. The molecule has 1 aromatic heterocycles. The van der Waals surface area contributed by atoms with Gasteiger partial charge in [-0.15, -0.1) is 0 Å². The Labute approximate surface area is 115 Å². The van der Waals surface area contributed by atoms with E-state index in [1.165, 1.54) is 5.52 Å². The van der Waals surface area contributed by atoms with Crippen molar-refractivity contribution < 1.29 is 5.11 Å². The Morgan fingerprint density at radius 1 is 1.26 bits per heavy atom. The van der Waals surface area contributed by atoms with E-state index in [0.29, 0.717) is 12.3 Å². The lowest BCUT2D eigenvalue weighted by Crippen LogP contribution is -2.17. The second-order valence-electron chi connectivity index (χ2n) is 5.66. The molecule has 19 heavy (non-hydrogen) atoms. The first-order valence-corrected chi connectivity index (χ1v) is 7.24. The molecule has 3 heteroatoms. The minimum atomic E-state index is -0.299. The van der Waals surface area contributed by atoms with Gasteiger partial charge in [-0.05, 0) is 30.9 Å². The zero-order valence-electron chi connectivity index (χ0n) is 12.1. The van der Waals surface area contributed by atoms with Gasteiger partial charge in [0.2, 0.25) is 0 Å². The van der Waals surface area contributed by atoms with Crippen LogP contribution in [0.25, 0.3) is 11.0 Å². The first-order chi connectivity index (χ1) is 9.11. The number of aryl methyl sites for hydroxylation is 1. The standard InChI is InChI=1S/C16H24N2O/c1-4-9-18-15-8-6-5-7-14(15)17-16(18)11-13(19)10-12(2)3/h5-8,12-13,19H,4,9-11H2,1-3H3. The highest BCUT2D eigenvalue weighted by molar-refractivity contribution is 5.75. The van der Waals surface area contributed by atoms with Crippen LogP contribution in [0.5, 0.6) is 0 Å². The van der Waals surface area contributed by atoms with Crippen LogP contribution in [0.4, 0.5) is 0 Å². The van der Waals surface area contributed by atoms with E-state index in [2.05, 4.69) is 36.4 Å². The molecule has 1 aromatic carbocycles. The van der Waals surface area contributed by atoms with Crippen LogP contribution in [0, 0.1) is 5.92 Å². The summed E-state index contributed by atoms with van der Waals surface area (Å²) in [6.07, 6.45) is 2.25. The van der Waals surface area contributed by atoms with Crippen LogP contribution in [0.1, 0.15) is 39.4 Å². The van der Waals surface area contributed by atoms with Gasteiger partial charge in [0, 0.05) is 13.0 Å². The Morgan fingerprint density at radius 2 is 2.00 bits per heavy atom. The highest BCUT2D eigenvalue weighted by Gasteiger charge is 2.14. The second-order valence-corrected chi connectivity index (χ2v) is 5.66. The van der Waals surface area contributed by atoms with Crippen LogP contribution < -0.4 is 0 Å². The number of hydrogen-bond donors (Lipinski definition) is 1. The van der Waals surface area contributed by atoms with E-state index >= 15 is 0 Å². The average molecular weight is 260 g/mol. The lowest BCUT2D eigenvalue weighted by Gasteiger charge is -2.14. The molecule has 3 nitrogen and oxygen atoms in total. The molecule has 0 fully saturated rings. The third-order valence-corrected chi connectivity index (χ3v) is 3.34. The third kappa shape index (κ3) is 3.35. The predicted molar refractivity (Wildman–Crippen MR) is 79.2 cm³/mol. The normalized spacial score (nSPS) is 13.3. The number of para-hydroxylation sites is 2. The van der Waals surface area contributed by atoms with Gasteiger partial charge in [0.1, 0.15) is 5.82 Å². The van der Waals surface area contributed by atoms with Gasteiger partial charge in [0.25, 0.3) is 0 Å². The number of nitrogens with zero attached hydrogens (tertiary/aromatic N) is 2. The fourth-order valence-electron chi connectivity index (χ4n) is 2.59. The van der Waals surface area contributed by atoms with Crippen molar-refractivity contribution in [2.45, 2.75) is 52.7 Å². The van der Waals surface area contributed by atoms with E-state index in [0.717, 1.165) is 30.7 Å². The van der Waals surface area contributed by atoms with Crippen LogP contribution in [-0.4, -0.2) is 20.8 Å². The molecule has 104 valence electrons. The topological polar surface area (TPSA) is 38.0 Å². The lowest BCUT2D eigenvalue weighted by molar-refractivity contribution is 0.146. The van der Waals surface area contributed by atoms with Crippen molar-refractivity contribution in [3.05, 3.63) is 30.1 Å². The van der Waals surface area contributed by atoms with Crippen LogP contribution in [0.2, 0.25) is 0 Å². The number of hydrogen-bond acceptors (Lipinski definition) is 2. The van der Waals surface area contributed by atoms with Gasteiger partial charge >= 0.3 is 0 Å². The summed E-state index contributed by atoms with van der Waals surface area (Å²) in [6.45, 7) is 7.41. The Kier molecular flexibility index (Phi) is 4.59. The first-order valence-electron chi connectivity index (χ1n) is 7.24. The molecule has 0 saturated heterocycles. The summed E-state index contributed by atoms with van der Waals surface area (Å²) < 4.78 is 2.25. The average Bonchev–Trinajstić information content (AvgIpc) is 2.67. The lowest BCUT2D eigenvalue weighted by atomic mass is 10.0. The maximum absolute atomic E-state index is 10.1. The molecule has 0 amide bonds. The Balaban J connectivity index is 2.28. The minimum absolute atomic E-state index is 0.299. The smallest absolute Gasteiger partial charge is 0.112 e. The SMILES string of the molecule is CCCn1c(CC(O)CC(C)C)nc2ccccc21. The van der Waals surface area contributed by atoms with Crippen LogP contribution in [0.15, 0.2) is 24.3 Å². The van der Waals surface area contributed by atoms with Gasteiger partial charge in [-0.2, -0.15) is 0 Å². The second kappa shape index (κ2) is 6.20. The fraction of sp³-hybridized carbons (Fsp3) is 0.562. The highest BCUT2D eigenvalue weighted by atomic mass is 16.3. The summed E-state index contributed by atoms with van der Waals surface area (Å²) in [4.78, 5) is 4.68. The highest BCUT2D eigenvalue weighted by Crippen LogP contribution is 2.19. The van der Waals surface area contributed by atoms with Crippen molar-refractivity contribution >= 4 is 11.0 Å². The minimum Gasteiger partial charge on any atom is -0.393 e. The van der Waals surface area contributed by atoms with Gasteiger partial charge in [-0.1, -0.05) is 32.9 Å². The van der Waals surface area contributed by atoms with Crippen LogP contribution in [0.3, 0.4) is 0 Å². The summed E-state index contributed by atoms with van der Waals surface area (Å²) in [5.74, 6) is 1.52. The fourth-order valence-corrected chi connectivity index (χ4v) is 2.59. The summed E-state index contributed by atoms with van der Waals surface area (Å²) in [6, 6.07) is 8.21. The van der Waals surface area contributed by atoms with Crippen LogP contribution in [-0.2, 0) is 13.0 Å². The number of fused-ring (bicyclic) bond motifs is 1. The van der Waals surface area contributed by atoms with E-state index < -0.39 is 0 Å². The largest absolute Gasteiger partial charge is 0.393 e. The van der Waals surface area contributed by atoms with Crippen molar-refractivity contribution in [2.24, 2.45) is 5.92 Å². The number of rotatable bonds is 6. The molecule has 1 atom stereocenters. The number of aliphatic hydroxyl groups excluding tert-OH is 1. The summed E-state index contributed by atoms with van der Waals surface area (Å²) in [5, 5.41) is 10.1. The maximum atomic E-state index is 10.1. The van der Waals surface area contributed by atoms with Crippen LogP contribution >= 0.6 is 0 Å². The van der Waals surface area contributed by atoms with E-state index in [-0.39, 0.29) is 6.10 Å². The summed E-state index contributed by atoms with van der Waals surface area (Å²) in [5.41, 5.74) is 2.21. The number of aliphatic hydroxyl groups is 1. The van der Waals surface area contributed by atoms with Crippen molar-refractivity contribution in [1.82, 2.24) is 9.55 Å².